The average Bonchev–Trinajstić information content (AvgIpc) is 3.63. The number of hydrogen-bond acceptors (Lipinski definition) is 11. The van der Waals surface area contributed by atoms with Crippen LogP contribution in [0, 0.1) is 0 Å². The molecule has 4 aromatic rings. The van der Waals surface area contributed by atoms with Crippen LogP contribution in [0.5, 0.6) is 0 Å². The summed E-state index contributed by atoms with van der Waals surface area (Å²) in [6.45, 7) is -2.21. The molecule has 0 saturated heterocycles. The third kappa shape index (κ3) is 9.70. The molecule has 16 nitrogen and oxygen atoms in total. The van der Waals surface area contributed by atoms with Crippen LogP contribution < -0.4 is 28.2 Å². The normalized spacial score (nSPS) is 13.1. The molecule has 3 aromatic heterocycles. The van der Waals surface area contributed by atoms with Crippen molar-refractivity contribution in [2.45, 2.75) is 56.9 Å². The minimum atomic E-state index is -5.21. The second-order valence-electron chi connectivity index (χ2n) is 11.0. The predicted molar refractivity (Wildman–Crippen MR) is 169 cm³/mol. The molecule has 3 heterocycles. The van der Waals surface area contributed by atoms with E-state index in [0.29, 0.717) is 26.4 Å². The first-order chi connectivity index (χ1) is 24.4. The smallest absolute Gasteiger partial charge is 0.427 e. The number of carbonyl (C=O) groups excluding carboxylic acids is 3. The van der Waals surface area contributed by atoms with E-state index >= 15 is 0 Å². The van der Waals surface area contributed by atoms with E-state index in [0.717, 1.165) is 12.3 Å². The molecule has 0 spiro atoms. The van der Waals surface area contributed by atoms with E-state index in [-0.39, 0.29) is 29.4 Å². The lowest BCUT2D eigenvalue weighted by molar-refractivity contribution is -0.224. The molecule has 0 saturated carbocycles. The van der Waals surface area contributed by atoms with Crippen molar-refractivity contribution < 1.29 is 45.5 Å². The summed E-state index contributed by atoms with van der Waals surface area (Å²) in [6.07, 6.45) is -12.1. The fourth-order valence-electron chi connectivity index (χ4n) is 4.65. The lowest BCUT2D eigenvalue weighted by Gasteiger charge is -2.21. The van der Waals surface area contributed by atoms with Crippen molar-refractivity contribution in [3.05, 3.63) is 75.3 Å². The molecule has 0 aliphatic carbocycles. The largest absolute Gasteiger partial charge is 0.451 e. The Labute approximate surface area is 293 Å². The number of hydrogen-bond donors (Lipinski definition) is 4. The Morgan fingerprint density at radius 3 is 2.35 bits per heavy atom. The predicted octanol–water partition coefficient (Wildman–Crippen LogP) is 1.55. The SMILES string of the molecule is NCCC[C@H](N)C(=O)NCCC(=O)O[C@@H](Cn1c(-c2ccc(Cl)cc2)nn(Cc2nc(C(N)=O)n(-c3ncccc3C(F)(F)F)n2)c1=O)C(F)(F)F. The van der Waals surface area contributed by atoms with E-state index in [4.69, 9.17) is 33.5 Å². The van der Waals surface area contributed by atoms with Crippen LogP contribution in [0.15, 0.2) is 47.4 Å². The maximum absolute atomic E-state index is 14.2. The highest BCUT2D eigenvalue weighted by Crippen LogP contribution is 2.33. The number of aromatic nitrogens is 7. The molecular weight excluding hydrogens is 732 g/mol. The van der Waals surface area contributed by atoms with Crippen molar-refractivity contribution >= 4 is 29.4 Å². The van der Waals surface area contributed by atoms with Crippen molar-refractivity contribution in [2.24, 2.45) is 17.2 Å². The van der Waals surface area contributed by atoms with Crippen LogP contribution in [0.1, 0.15) is 41.3 Å². The Bertz CT molecular complexity index is 1960. The molecule has 0 aliphatic heterocycles. The molecule has 0 radical (unpaired) electrons. The number of pyridine rings is 1. The van der Waals surface area contributed by atoms with Gasteiger partial charge in [-0.15, -0.1) is 10.2 Å². The molecule has 2 amide bonds. The number of carbonyl (C=O) groups is 3. The number of benzene rings is 1. The van der Waals surface area contributed by atoms with Gasteiger partial charge in [-0.2, -0.15) is 31.0 Å². The first-order valence-electron chi connectivity index (χ1n) is 15.1. The zero-order chi connectivity index (χ0) is 38.4. The van der Waals surface area contributed by atoms with Crippen molar-refractivity contribution in [1.29, 1.82) is 0 Å². The Morgan fingerprint density at radius 2 is 1.73 bits per heavy atom. The first-order valence-corrected chi connectivity index (χ1v) is 15.5. The van der Waals surface area contributed by atoms with Gasteiger partial charge in [0.15, 0.2) is 17.5 Å². The van der Waals surface area contributed by atoms with Gasteiger partial charge < -0.3 is 27.3 Å². The van der Waals surface area contributed by atoms with Crippen LogP contribution >= 0.6 is 11.6 Å². The average molecular weight is 762 g/mol. The Kier molecular flexibility index (Phi) is 12.4. The monoisotopic (exact) mass is 761 g/mol. The summed E-state index contributed by atoms with van der Waals surface area (Å²) < 4.78 is 90.0. The molecule has 0 fully saturated rings. The highest BCUT2D eigenvalue weighted by molar-refractivity contribution is 6.30. The van der Waals surface area contributed by atoms with Crippen molar-refractivity contribution in [3.63, 3.8) is 0 Å². The van der Waals surface area contributed by atoms with E-state index in [1.807, 2.05) is 0 Å². The van der Waals surface area contributed by atoms with Gasteiger partial charge in [-0.25, -0.2) is 19.4 Å². The molecule has 52 heavy (non-hydrogen) atoms. The number of halogens is 7. The van der Waals surface area contributed by atoms with Crippen LogP contribution in [0.25, 0.3) is 17.2 Å². The molecule has 0 aliphatic rings. The van der Waals surface area contributed by atoms with Gasteiger partial charge in [0.05, 0.1) is 19.0 Å². The zero-order valence-electron chi connectivity index (χ0n) is 26.7. The standard InChI is InChI=1S/C29H30ClF6N11O5/c30-16-7-5-15(6-8-16)23-44-46(14-20-42-25(22(39)49)47(43-20)24-17(28(31,32)33)3-2-11-40-24)27(51)45(23)13-19(29(34,35)36)52-21(48)9-12-41-26(50)18(38)4-1-10-37/h2-3,5-8,11,18-19H,1,4,9-10,12-14,37-38H2,(H2,39,49)(H,41,50)/t18-,19-/m0/s1. The Morgan fingerprint density at radius 1 is 1.04 bits per heavy atom. The fourth-order valence-corrected chi connectivity index (χ4v) is 4.78. The summed E-state index contributed by atoms with van der Waals surface area (Å²) in [5, 5.41) is 10.5. The molecule has 0 bridgehead atoms. The summed E-state index contributed by atoms with van der Waals surface area (Å²) >= 11 is 5.95. The lowest BCUT2D eigenvalue weighted by Crippen LogP contribution is -2.43. The second-order valence-corrected chi connectivity index (χ2v) is 11.4. The zero-order valence-corrected chi connectivity index (χ0v) is 27.5. The van der Waals surface area contributed by atoms with Gasteiger partial charge in [0.2, 0.25) is 17.8 Å². The number of esters is 1. The fraction of sp³-hybridized carbons (Fsp3) is 0.379. The van der Waals surface area contributed by atoms with Gasteiger partial charge in [-0.05, 0) is 55.8 Å². The summed E-state index contributed by atoms with van der Waals surface area (Å²) in [6, 6.07) is 6.08. The van der Waals surface area contributed by atoms with Gasteiger partial charge in [0.25, 0.3) is 5.91 Å². The molecule has 23 heteroatoms. The molecular formula is C29H30ClF6N11O5. The number of alkyl halides is 6. The molecule has 1 aromatic carbocycles. The van der Waals surface area contributed by atoms with E-state index in [1.54, 1.807) is 0 Å². The van der Waals surface area contributed by atoms with Crippen molar-refractivity contribution in [1.82, 2.24) is 39.4 Å². The van der Waals surface area contributed by atoms with E-state index < -0.39 is 97.1 Å². The number of amides is 2. The van der Waals surface area contributed by atoms with E-state index in [9.17, 15) is 45.5 Å². The number of nitrogens with zero attached hydrogens (tertiary/aromatic N) is 7. The summed E-state index contributed by atoms with van der Waals surface area (Å²) in [7, 11) is 0. The van der Waals surface area contributed by atoms with E-state index in [2.05, 4.69) is 25.5 Å². The number of rotatable bonds is 15. The molecule has 2 atom stereocenters. The summed E-state index contributed by atoms with van der Waals surface area (Å²) in [5.74, 6) is -5.87. The lowest BCUT2D eigenvalue weighted by atomic mass is 10.1. The second kappa shape index (κ2) is 16.3. The minimum absolute atomic E-state index is 0.0841. The molecule has 7 N–H and O–H groups in total. The van der Waals surface area contributed by atoms with Crippen molar-refractivity contribution in [2.75, 3.05) is 13.1 Å². The third-order valence-electron chi connectivity index (χ3n) is 7.15. The van der Waals surface area contributed by atoms with Crippen LogP contribution in [0.4, 0.5) is 26.3 Å². The minimum Gasteiger partial charge on any atom is -0.451 e. The van der Waals surface area contributed by atoms with Crippen LogP contribution in [0.3, 0.4) is 0 Å². The Balaban J connectivity index is 1.66. The highest BCUT2D eigenvalue weighted by Gasteiger charge is 2.44. The number of nitrogens with one attached hydrogen (secondary N) is 1. The Hall–Kier alpha value is -5.35. The summed E-state index contributed by atoms with van der Waals surface area (Å²) in [5.41, 5.74) is 14.0. The highest BCUT2D eigenvalue weighted by atomic mass is 35.5. The van der Waals surface area contributed by atoms with Crippen LogP contribution in [0.2, 0.25) is 5.02 Å². The maximum Gasteiger partial charge on any atom is 0.427 e. The van der Waals surface area contributed by atoms with Crippen LogP contribution in [-0.2, 0) is 33.6 Å². The number of primary amides is 1. The number of nitrogens with two attached hydrogens (primary N) is 3. The van der Waals surface area contributed by atoms with Gasteiger partial charge >= 0.3 is 24.0 Å². The summed E-state index contributed by atoms with van der Waals surface area (Å²) in [4.78, 5) is 57.7. The van der Waals surface area contributed by atoms with Gasteiger partial charge in [0.1, 0.15) is 12.1 Å². The molecule has 4 rings (SSSR count). The molecule has 280 valence electrons. The van der Waals surface area contributed by atoms with E-state index in [1.165, 1.54) is 24.3 Å². The van der Waals surface area contributed by atoms with Crippen LogP contribution in [-0.4, -0.2) is 83.3 Å². The first kappa shape index (κ1) is 39.4. The van der Waals surface area contributed by atoms with Gasteiger partial charge in [-0.1, -0.05) is 11.6 Å². The third-order valence-corrected chi connectivity index (χ3v) is 7.40. The topological polar surface area (TPSA) is 234 Å². The number of ether oxygens (including phenoxy) is 1. The van der Waals surface area contributed by atoms with Gasteiger partial charge in [-0.3, -0.25) is 19.0 Å². The quantitative estimate of drug-likeness (QED) is 0.100. The van der Waals surface area contributed by atoms with Gasteiger partial charge in [0, 0.05) is 23.3 Å². The van der Waals surface area contributed by atoms with Crippen molar-refractivity contribution in [3.8, 4) is 17.2 Å². The maximum atomic E-state index is 14.2. The molecule has 0 unspecified atom stereocenters.